The topological polar surface area (TPSA) is 113 Å². The summed E-state index contributed by atoms with van der Waals surface area (Å²) in [5.41, 5.74) is 7.48. The second kappa shape index (κ2) is 9.89. The molecule has 4 N–H and O–H groups in total. The smallest absolute Gasteiger partial charge is 0.267 e. The summed E-state index contributed by atoms with van der Waals surface area (Å²) >= 11 is 3.97. The molecule has 1 fully saturated rings. The first-order valence-corrected chi connectivity index (χ1v) is 11.1. The highest BCUT2D eigenvalue weighted by molar-refractivity contribution is 7.83. The summed E-state index contributed by atoms with van der Waals surface area (Å²) in [5.74, 6) is 0.341. The molecule has 1 aromatic heterocycles. The van der Waals surface area contributed by atoms with Crippen LogP contribution >= 0.6 is 12.6 Å². The minimum absolute atomic E-state index is 0.0588. The lowest BCUT2D eigenvalue weighted by Gasteiger charge is -2.42. The van der Waals surface area contributed by atoms with Crippen molar-refractivity contribution in [3.63, 3.8) is 0 Å². The number of pyridine rings is 1. The van der Waals surface area contributed by atoms with Gasteiger partial charge in [0.2, 0.25) is 0 Å². The third-order valence-electron chi connectivity index (χ3n) is 5.86. The maximum absolute atomic E-state index is 12.3. The van der Waals surface area contributed by atoms with E-state index in [2.05, 4.69) is 63.2 Å². The monoisotopic (exact) mass is 448 g/mol. The molecule has 172 valence electrons. The summed E-state index contributed by atoms with van der Waals surface area (Å²) in [6, 6.07) is 3.90. The summed E-state index contributed by atoms with van der Waals surface area (Å²) in [4.78, 5) is 28.3. The fourth-order valence-electron chi connectivity index (χ4n) is 3.74. The highest BCUT2D eigenvalue weighted by Crippen LogP contribution is 2.43. The van der Waals surface area contributed by atoms with Gasteiger partial charge in [0.25, 0.3) is 5.91 Å². The lowest BCUT2D eigenvalue weighted by Crippen LogP contribution is -2.49. The molecule has 2 atom stereocenters. The van der Waals surface area contributed by atoms with Crippen LogP contribution in [0.1, 0.15) is 65.5 Å². The van der Waals surface area contributed by atoms with E-state index < -0.39 is 0 Å². The average molecular weight is 449 g/mol. The number of hydrogen-bond donors (Lipinski definition) is 4. The van der Waals surface area contributed by atoms with Crippen LogP contribution in [-0.2, 0) is 4.79 Å². The number of amides is 1. The molecule has 1 saturated carbocycles. The number of carbonyl (C=O) groups excluding carboxylic acids is 1. The van der Waals surface area contributed by atoms with Gasteiger partial charge < -0.3 is 16.4 Å². The van der Waals surface area contributed by atoms with E-state index >= 15 is 0 Å². The molecule has 0 aromatic carbocycles. The van der Waals surface area contributed by atoms with Crippen LogP contribution < -0.4 is 21.4 Å². The lowest BCUT2D eigenvalue weighted by atomic mass is 9.68. The van der Waals surface area contributed by atoms with Gasteiger partial charge in [0.05, 0.1) is 11.0 Å². The summed E-state index contributed by atoms with van der Waals surface area (Å²) in [5, 5.41) is 12.0. The van der Waals surface area contributed by atoms with Gasteiger partial charge in [-0.15, -0.1) is 17.5 Å². The van der Waals surface area contributed by atoms with Crippen molar-refractivity contribution in [1.29, 1.82) is 0 Å². The fourth-order valence-corrected chi connectivity index (χ4v) is 3.86. The molecular formula is C22H36N6O2S. The molecule has 1 heterocycles. The fraction of sp³-hybridized carbons (Fsp3) is 0.636. The third kappa shape index (κ3) is 6.59. The molecule has 0 aliphatic heterocycles. The van der Waals surface area contributed by atoms with Gasteiger partial charge in [-0.1, -0.05) is 34.6 Å². The molecule has 2 rings (SSSR count). The maximum Gasteiger partial charge on any atom is 0.267 e. The van der Waals surface area contributed by atoms with Gasteiger partial charge in [-0.25, -0.2) is 9.99 Å². The lowest BCUT2D eigenvalue weighted by molar-refractivity contribution is -0.119. The van der Waals surface area contributed by atoms with Crippen molar-refractivity contribution in [3.8, 4) is 0 Å². The van der Waals surface area contributed by atoms with Crippen LogP contribution in [0.2, 0.25) is 0 Å². The van der Waals surface area contributed by atoms with Crippen LogP contribution in [0, 0.1) is 15.7 Å². The predicted molar refractivity (Wildman–Crippen MR) is 130 cm³/mol. The van der Waals surface area contributed by atoms with Crippen LogP contribution in [0.5, 0.6) is 0 Å². The van der Waals surface area contributed by atoms with Crippen LogP contribution in [0.15, 0.2) is 28.5 Å². The Morgan fingerprint density at radius 3 is 2.68 bits per heavy atom. The Balaban J connectivity index is 2.28. The zero-order chi connectivity index (χ0) is 23.4. The van der Waals surface area contributed by atoms with E-state index in [-0.39, 0.29) is 34.4 Å². The molecule has 0 bridgehead atoms. The van der Waals surface area contributed by atoms with E-state index in [1.165, 1.54) is 10.4 Å². The van der Waals surface area contributed by atoms with Crippen LogP contribution in [-0.4, -0.2) is 30.5 Å². The number of carbonyl (C=O) groups is 1. The number of anilines is 2. The molecule has 9 heteroatoms. The first-order valence-electron chi connectivity index (χ1n) is 10.6. The van der Waals surface area contributed by atoms with Crippen molar-refractivity contribution in [1.82, 2.24) is 10.3 Å². The third-order valence-corrected chi connectivity index (χ3v) is 6.14. The molecule has 0 spiro atoms. The molecule has 1 aliphatic carbocycles. The second-order valence-corrected chi connectivity index (χ2v) is 10.5. The van der Waals surface area contributed by atoms with Crippen molar-refractivity contribution >= 4 is 30.0 Å². The minimum atomic E-state index is -0.311. The summed E-state index contributed by atoms with van der Waals surface area (Å²) < 4.78 is 0. The van der Waals surface area contributed by atoms with Crippen molar-refractivity contribution in [2.75, 3.05) is 23.9 Å². The normalized spacial score (nSPS) is 21.3. The van der Waals surface area contributed by atoms with Crippen molar-refractivity contribution in [2.45, 2.75) is 65.8 Å². The van der Waals surface area contributed by atoms with Gasteiger partial charge in [-0.2, -0.15) is 0 Å². The van der Waals surface area contributed by atoms with Crippen LogP contribution in [0.25, 0.3) is 0 Å². The minimum Gasteiger partial charge on any atom is -0.394 e. The number of nitroso groups, excluding NO2 is 1. The molecule has 0 saturated heterocycles. The standard InChI is InChI=1S/C22H36N6O2S/c1-21(2,3)13-24-17-8-7-16(25-19(17)28(6)27-30)14-9-10-22(4,5)18(11-14)26-20(29)15(23)12-31/h7-8,12,14,18,24,31H,9-11,13,23H2,1-6H3,(H,26,29)/b15-12-. The number of aromatic nitrogens is 1. The molecule has 1 aliphatic rings. The number of nitrogens with one attached hydrogen (secondary N) is 2. The summed E-state index contributed by atoms with van der Waals surface area (Å²) in [6.45, 7) is 11.4. The molecule has 1 aromatic rings. The van der Waals surface area contributed by atoms with Gasteiger partial charge in [0, 0.05) is 31.2 Å². The van der Waals surface area contributed by atoms with E-state index in [9.17, 15) is 9.70 Å². The largest absolute Gasteiger partial charge is 0.394 e. The number of nitrogens with two attached hydrogens (primary N) is 1. The van der Waals surface area contributed by atoms with Crippen LogP contribution in [0.3, 0.4) is 0 Å². The Labute approximate surface area is 190 Å². The van der Waals surface area contributed by atoms with Gasteiger partial charge in [0.1, 0.15) is 5.70 Å². The van der Waals surface area contributed by atoms with E-state index in [1.54, 1.807) is 7.05 Å². The molecule has 8 nitrogen and oxygen atoms in total. The van der Waals surface area contributed by atoms with Crippen LogP contribution in [0.4, 0.5) is 11.5 Å². The first-order chi connectivity index (χ1) is 14.4. The van der Waals surface area contributed by atoms with Gasteiger partial charge in [0.15, 0.2) is 5.82 Å². The highest BCUT2D eigenvalue weighted by atomic mass is 32.1. The molecule has 2 unspecified atom stereocenters. The summed E-state index contributed by atoms with van der Waals surface area (Å²) in [6.07, 6.45) is 2.60. The van der Waals surface area contributed by atoms with Gasteiger partial charge in [-0.05, 0) is 47.6 Å². The Kier molecular flexibility index (Phi) is 7.97. The van der Waals surface area contributed by atoms with Gasteiger partial charge >= 0.3 is 0 Å². The van der Waals surface area contributed by atoms with Crippen molar-refractivity contribution in [2.24, 2.45) is 21.8 Å². The molecule has 1 amide bonds. The number of rotatable bonds is 7. The predicted octanol–water partition coefficient (Wildman–Crippen LogP) is 4.17. The van der Waals surface area contributed by atoms with E-state index in [0.29, 0.717) is 5.82 Å². The number of hydrogen-bond acceptors (Lipinski definition) is 7. The van der Waals surface area contributed by atoms with Gasteiger partial charge in [-0.3, -0.25) is 4.79 Å². The maximum atomic E-state index is 12.3. The zero-order valence-electron chi connectivity index (χ0n) is 19.4. The Morgan fingerprint density at radius 1 is 1.42 bits per heavy atom. The van der Waals surface area contributed by atoms with E-state index in [1.807, 2.05) is 12.1 Å². The Hall–Kier alpha value is -2.29. The zero-order valence-corrected chi connectivity index (χ0v) is 20.3. The highest BCUT2D eigenvalue weighted by Gasteiger charge is 2.38. The Bertz CT molecular complexity index is 834. The molecule has 31 heavy (non-hydrogen) atoms. The molecule has 0 radical (unpaired) electrons. The average Bonchev–Trinajstić information content (AvgIpc) is 2.71. The number of nitrogens with zero attached hydrogens (tertiary/aromatic N) is 3. The molecular weight excluding hydrogens is 412 g/mol. The van der Waals surface area contributed by atoms with Crippen molar-refractivity contribution in [3.05, 3.63) is 33.8 Å². The summed E-state index contributed by atoms with van der Waals surface area (Å²) in [7, 11) is 1.60. The number of thiol groups is 1. The van der Waals surface area contributed by atoms with E-state index in [0.717, 1.165) is 37.2 Å². The first kappa shape index (κ1) is 25.0. The Morgan fingerprint density at radius 2 is 2.10 bits per heavy atom. The second-order valence-electron chi connectivity index (χ2n) is 10.2. The SMILES string of the molecule is CN(N=O)c1nc(C2CCC(C)(C)C(NC(=O)/C(N)=C/S)C2)ccc1NCC(C)(C)C. The van der Waals surface area contributed by atoms with Crippen molar-refractivity contribution < 1.29 is 4.79 Å². The quantitative estimate of drug-likeness (QED) is 0.216. The van der Waals surface area contributed by atoms with E-state index in [4.69, 9.17) is 10.7 Å².